The molecular formula is C21H23N5O3. The van der Waals surface area contributed by atoms with Gasteiger partial charge in [0.1, 0.15) is 5.75 Å². The molecule has 0 bridgehead atoms. The minimum atomic E-state index is -0.320. The van der Waals surface area contributed by atoms with Crippen LogP contribution in [0.5, 0.6) is 5.75 Å². The number of nitrogens with one attached hydrogen (secondary N) is 1. The highest BCUT2D eigenvalue weighted by atomic mass is 16.3. The maximum Gasteiger partial charge on any atom is 0.275 e. The molecule has 3 aromatic rings. The predicted octanol–water partition coefficient (Wildman–Crippen LogP) is 1.24. The number of phenolic OH excluding ortho intramolecular Hbond substituents is 1. The quantitative estimate of drug-likeness (QED) is 0.693. The molecule has 8 heteroatoms. The number of amides is 1. The first-order valence-electron chi connectivity index (χ1n) is 9.55. The number of carbonyl (C=O) groups is 1. The normalized spacial score (nSPS) is 14.9. The van der Waals surface area contributed by atoms with Crippen LogP contribution in [-0.4, -0.2) is 58.9 Å². The molecule has 2 N–H and O–H groups in total. The first-order valence-corrected chi connectivity index (χ1v) is 9.55. The number of fused-ring (bicyclic) bond motifs is 1. The van der Waals surface area contributed by atoms with Gasteiger partial charge in [0.25, 0.3) is 11.5 Å². The van der Waals surface area contributed by atoms with Gasteiger partial charge in [-0.25, -0.2) is 4.68 Å². The zero-order chi connectivity index (χ0) is 20.4. The van der Waals surface area contributed by atoms with Crippen LogP contribution < -0.4 is 15.8 Å². The van der Waals surface area contributed by atoms with Crippen LogP contribution in [0, 0.1) is 0 Å². The molecule has 1 fully saturated rings. The summed E-state index contributed by atoms with van der Waals surface area (Å²) in [6.45, 7) is 3.18. The van der Waals surface area contributed by atoms with Crippen molar-refractivity contribution in [2.75, 3.05) is 38.1 Å². The number of anilines is 1. The highest BCUT2D eigenvalue weighted by molar-refractivity contribution is 6.04. The van der Waals surface area contributed by atoms with Gasteiger partial charge in [-0.1, -0.05) is 30.3 Å². The number of aromatic hydroxyl groups is 1. The number of carbonyl (C=O) groups excluding carboxylic acids is 1. The minimum Gasteiger partial charge on any atom is -0.506 e. The van der Waals surface area contributed by atoms with Crippen LogP contribution in [0.15, 0.2) is 53.3 Å². The molecule has 8 nitrogen and oxygen atoms in total. The Hall–Kier alpha value is -3.39. The Morgan fingerprint density at radius 2 is 1.69 bits per heavy atom. The zero-order valence-corrected chi connectivity index (χ0v) is 16.2. The highest BCUT2D eigenvalue weighted by Gasteiger charge is 2.21. The van der Waals surface area contributed by atoms with Crippen molar-refractivity contribution in [1.29, 1.82) is 0 Å². The second-order valence-corrected chi connectivity index (χ2v) is 7.01. The SMILES string of the molecule is CNC(=O)c1nn(CN2CCN(c3ccccc3O)CC2)c(=O)c2ccccc12. The number of benzene rings is 2. The Morgan fingerprint density at radius 3 is 2.38 bits per heavy atom. The summed E-state index contributed by atoms with van der Waals surface area (Å²) >= 11 is 0. The Labute approximate surface area is 168 Å². The standard InChI is InChI=1S/C21H23N5O3/c1-22-20(28)19-15-6-2-3-7-16(15)21(29)26(23-19)14-24-10-12-25(13-11-24)17-8-4-5-9-18(17)27/h2-9,27H,10-14H2,1H3,(H,22,28). The summed E-state index contributed by atoms with van der Waals surface area (Å²) in [7, 11) is 1.55. The van der Waals surface area contributed by atoms with Gasteiger partial charge in [0.05, 0.1) is 17.7 Å². The van der Waals surface area contributed by atoms with E-state index in [0.717, 1.165) is 18.8 Å². The van der Waals surface area contributed by atoms with E-state index in [1.54, 1.807) is 43.4 Å². The number of hydrogen-bond donors (Lipinski definition) is 2. The monoisotopic (exact) mass is 393 g/mol. The van der Waals surface area contributed by atoms with E-state index in [1.165, 1.54) is 4.68 Å². The van der Waals surface area contributed by atoms with Gasteiger partial charge < -0.3 is 15.3 Å². The van der Waals surface area contributed by atoms with Crippen molar-refractivity contribution in [3.05, 3.63) is 64.6 Å². The van der Waals surface area contributed by atoms with Crippen LogP contribution in [0.2, 0.25) is 0 Å². The van der Waals surface area contributed by atoms with Crippen LogP contribution >= 0.6 is 0 Å². The van der Waals surface area contributed by atoms with Crippen molar-refractivity contribution in [2.45, 2.75) is 6.67 Å². The zero-order valence-electron chi connectivity index (χ0n) is 16.2. The molecule has 29 heavy (non-hydrogen) atoms. The van der Waals surface area contributed by atoms with Gasteiger partial charge in [0, 0.05) is 38.6 Å². The van der Waals surface area contributed by atoms with E-state index >= 15 is 0 Å². The van der Waals surface area contributed by atoms with Gasteiger partial charge in [-0.15, -0.1) is 0 Å². The molecule has 0 saturated carbocycles. The van der Waals surface area contributed by atoms with E-state index in [9.17, 15) is 14.7 Å². The molecule has 0 aliphatic carbocycles. The minimum absolute atomic E-state index is 0.212. The second kappa shape index (κ2) is 7.92. The van der Waals surface area contributed by atoms with Crippen molar-refractivity contribution >= 4 is 22.4 Å². The molecule has 1 saturated heterocycles. The first-order chi connectivity index (χ1) is 14.1. The van der Waals surface area contributed by atoms with Gasteiger partial charge in [-0.3, -0.25) is 14.5 Å². The molecule has 0 atom stereocenters. The topological polar surface area (TPSA) is 90.7 Å². The third-order valence-corrected chi connectivity index (χ3v) is 5.24. The van der Waals surface area contributed by atoms with Gasteiger partial charge in [0.15, 0.2) is 5.69 Å². The summed E-state index contributed by atoms with van der Waals surface area (Å²) in [5.41, 5.74) is 0.849. The van der Waals surface area contributed by atoms with E-state index in [2.05, 4.69) is 20.2 Å². The molecule has 0 unspecified atom stereocenters. The lowest BCUT2D eigenvalue weighted by molar-refractivity contribution is 0.0955. The van der Waals surface area contributed by atoms with Crippen LogP contribution in [0.25, 0.3) is 10.8 Å². The fourth-order valence-corrected chi connectivity index (χ4v) is 3.67. The van der Waals surface area contributed by atoms with Crippen molar-refractivity contribution in [3.8, 4) is 5.75 Å². The molecule has 1 aliphatic heterocycles. The van der Waals surface area contributed by atoms with Crippen molar-refractivity contribution < 1.29 is 9.90 Å². The second-order valence-electron chi connectivity index (χ2n) is 7.01. The molecule has 1 amide bonds. The van der Waals surface area contributed by atoms with E-state index in [-0.39, 0.29) is 22.9 Å². The van der Waals surface area contributed by atoms with Crippen LogP contribution in [0.4, 0.5) is 5.69 Å². The van der Waals surface area contributed by atoms with Crippen LogP contribution in [0.1, 0.15) is 10.5 Å². The lowest BCUT2D eigenvalue weighted by Crippen LogP contribution is -2.48. The number of para-hydroxylation sites is 2. The van der Waals surface area contributed by atoms with Crippen LogP contribution in [0.3, 0.4) is 0 Å². The predicted molar refractivity (Wildman–Crippen MR) is 111 cm³/mol. The smallest absolute Gasteiger partial charge is 0.275 e. The summed E-state index contributed by atoms with van der Waals surface area (Å²) in [6, 6.07) is 14.3. The van der Waals surface area contributed by atoms with Gasteiger partial charge >= 0.3 is 0 Å². The summed E-state index contributed by atoms with van der Waals surface area (Å²) in [5.74, 6) is -0.0529. The molecule has 0 spiro atoms. The highest BCUT2D eigenvalue weighted by Crippen LogP contribution is 2.27. The molecule has 150 valence electrons. The lowest BCUT2D eigenvalue weighted by atomic mass is 10.1. The summed E-state index contributed by atoms with van der Waals surface area (Å²) in [4.78, 5) is 29.4. The first kappa shape index (κ1) is 18.9. The number of aromatic nitrogens is 2. The van der Waals surface area contributed by atoms with Crippen LogP contribution in [-0.2, 0) is 6.67 Å². The summed E-state index contributed by atoms with van der Waals surface area (Å²) in [5, 5.41) is 18.0. The fraction of sp³-hybridized carbons (Fsp3) is 0.286. The number of phenols is 1. The lowest BCUT2D eigenvalue weighted by Gasteiger charge is -2.36. The average Bonchev–Trinajstić information content (AvgIpc) is 2.76. The molecule has 2 aromatic carbocycles. The number of nitrogens with zero attached hydrogens (tertiary/aromatic N) is 4. The van der Waals surface area contributed by atoms with Crippen molar-refractivity contribution in [2.24, 2.45) is 0 Å². The van der Waals surface area contributed by atoms with Crippen molar-refractivity contribution in [1.82, 2.24) is 20.0 Å². The summed E-state index contributed by atoms with van der Waals surface area (Å²) < 4.78 is 1.36. The van der Waals surface area contributed by atoms with E-state index in [1.807, 2.05) is 12.1 Å². The number of rotatable bonds is 4. The van der Waals surface area contributed by atoms with Gasteiger partial charge in [-0.05, 0) is 18.2 Å². The molecule has 1 aromatic heterocycles. The number of piperazine rings is 1. The molecule has 4 rings (SSSR count). The molecule has 1 aliphatic rings. The number of hydrogen-bond acceptors (Lipinski definition) is 6. The third kappa shape index (κ3) is 3.66. The Kier molecular flexibility index (Phi) is 5.18. The van der Waals surface area contributed by atoms with E-state index in [4.69, 9.17) is 0 Å². The fourth-order valence-electron chi connectivity index (χ4n) is 3.67. The van der Waals surface area contributed by atoms with Gasteiger partial charge in [-0.2, -0.15) is 5.10 Å². The van der Waals surface area contributed by atoms with E-state index < -0.39 is 0 Å². The molecular weight excluding hydrogens is 370 g/mol. The molecule has 2 heterocycles. The third-order valence-electron chi connectivity index (χ3n) is 5.24. The average molecular weight is 393 g/mol. The largest absolute Gasteiger partial charge is 0.506 e. The maximum absolute atomic E-state index is 12.9. The Balaban J connectivity index is 1.56. The van der Waals surface area contributed by atoms with Gasteiger partial charge in [0.2, 0.25) is 0 Å². The Bertz CT molecular complexity index is 1100. The van der Waals surface area contributed by atoms with E-state index in [0.29, 0.717) is 30.5 Å². The van der Waals surface area contributed by atoms with Crippen molar-refractivity contribution in [3.63, 3.8) is 0 Å². The maximum atomic E-state index is 12.9. The Morgan fingerprint density at radius 1 is 1.03 bits per heavy atom. The molecule has 0 radical (unpaired) electrons. The summed E-state index contributed by atoms with van der Waals surface area (Å²) in [6.07, 6.45) is 0.